The Labute approximate surface area is 310 Å². The number of furan rings is 1. The minimum absolute atomic E-state index is 0.0233. The van der Waals surface area contributed by atoms with Gasteiger partial charge in [-0.25, -0.2) is 8.42 Å². The lowest BCUT2D eigenvalue weighted by molar-refractivity contribution is -0.143. The van der Waals surface area contributed by atoms with Gasteiger partial charge < -0.3 is 13.9 Å². The first-order valence-corrected chi connectivity index (χ1v) is 19.8. The molecule has 4 aromatic carbocycles. The van der Waals surface area contributed by atoms with Gasteiger partial charge in [0.05, 0.1) is 25.0 Å². The lowest BCUT2D eigenvalue weighted by Gasteiger charge is -2.37. The van der Waals surface area contributed by atoms with E-state index in [0.717, 1.165) is 43.7 Å². The van der Waals surface area contributed by atoms with Gasteiger partial charge in [0.1, 0.15) is 17.1 Å². The highest BCUT2D eigenvalue weighted by Gasteiger charge is 2.40. The number of benzene rings is 4. The van der Waals surface area contributed by atoms with E-state index in [1.807, 2.05) is 124 Å². The summed E-state index contributed by atoms with van der Waals surface area (Å²) in [5.74, 6) is 0.472. The van der Waals surface area contributed by atoms with E-state index in [1.54, 1.807) is 24.4 Å². The predicted octanol–water partition coefficient (Wildman–Crippen LogP) is 9.94. The molecule has 0 radical (unpaired) electrons. The molecule has 0 saturated carbocycles. The smallest absolute Gasteiger partial charge is 0.306 e. The van der Waals surface area contributed by atoms with Crippen LogP contribution >= 0.6 is 11.3 Å². The zero-order valence-corrected chi connectivity index (χ0v) is 32.1. The quantitative estimate of drug-likeness (QED) is 0.104. The number of carbonyl (C=O) groups is 1. The number of fused-ring (bicyclic) bond motifs is 1. The summed E-state index contributed by atoms with van der Waals surface area (Å²) in [6.07, 6.45) is 0.396. The van der Waals surface area contributed by atoms with Crippen LogP contribution in [0.25, 0.3) is 22.3 Å². The number of esters is 1. The van der Waals surface area contributed by atoms with Crippen molar-refractivity contribution >= 4 is 38.3 Å². The average molecular weight is 736 g/mol. The lowest BCUT2D eigenvalue weighted by Crippen LogP contribution is -2.45. The average Bonchev–Trinajstić information content (AvgIpc) is 3.82. The van der Waals surface area contributed by atoms with Gasteiger partial charge in [-0.05, 0) is 105 Å². The second kappa shape index (κ2) is 15.9. The first-order chi connectivity index (χ1) is 25.0. The summed E-state index contributed by atoms with van der Waals surface area (Å²) < 4.78 is 50.0. The number of aryl methyl sites for hydroxylation is 2. The summed E-state index contributed by atoms with van der Waals surface area (Å²) >= 11 is 1.52. The second-order valence-corrected chi connectivity index (χ2v) is 16.1. The zero-order valence-electron chi connectivity index (χ0n) is 30.5. The van der Waals surface area contributed by atoms with Crippen molar-refractivity contribution in [1.29, 1.82) is 0 Å². The topological polar surface area (TPSA) is 86.0 Å². The van der Waals surface area contributed by atoms with Gasteiger partial charge in [-0.15, -0.1) is 11.3 Å². The minimum Gasteiger partial charge on any atom is -0.496 e. The number of sulfonamides is 1. The summed E-state index contributed by atoms with van der Waals surface area (Å²) in [5, 5.41) is 2.96. The maximum absolute atomic E-state index is 15.5. The maximum Gasteiger partial charge on any atom is 0.306 e. The molecule has 0 saturated heterocycles. The van der Waals surface area contributed by atoms with E-state index < -0.39 is 22.0 Å². The molecule has 2 atom stereocenters. The normalized spacial score (nSPS) is 13.0. The Hall–Kier alpha value is -4.70. The van der Waals surface area contributed by atoms with Gasteiger partial charge in [-0.3, -0.25) is 4.79 Å². The van der Waals surface area contributed by atoms with Crippen LogP contribution < -0.4 is 4.74 Å². The van der Waals surface area contributed by atoms with Crippen LogP contribution in [0.1, 0.15) is 57.5 Å². The molecule has 2 heterocycles. The van der Waals surface area contributed by atoms with E-state index in [2.05, 4.69) is 0 Å². The Morgan fingerprint density at radius 3 is 2.33 bits per heavy atom. The molecule has 0 aliphatic carbocycles. The Morgan fingerprint density at radius 2 is 1.63 bits per heavy atom. The first kappa shape index (κ1) is 37.1. The summed E-state index contributed by atoms with van der Waals surface area (Å²) in [7, 11) is -2.62. The highest BCUT2D eigenvalue weighted by molar-refractivity contribution is 7.89. The van der Waals surface area contributed by atoms with Crippen LogP contribution in [0.5, 0.6) is 5.75 Å². The van der Waals surface area contributed by atoms with Crippen molar-refractivity contribution in [2.75, 3.05) is 13.7 Å². The molecule has 6 rings (SSSR count). The van der Waals surface area contributed by atoms with Gasteiger partial charge in [0.2, 0.25) is 10.0 Å². The molecule has 9 heteroatoms. The first-order valence-electron chi connectivity index (χ1n) is 17.5. The third-order valence-corrected chi connectivity index (χ3v) is 12.9. The third kappa shape index (κ3) is 7.87. The van der Waals surface area contributed by atoms with Gasteiger partial charge >= 0.3 is 5.97 Å². The van der Waals surface area contributed by atoms with Crippen LogP contribution in [0.2, 0.25) is 0 Å². The molecule has 52 heavy (non-hydrogen) atoms. The van der Waals surface area contributed by atoms with Crippen molar-refractivity contribution in [2.45, 2.75) is 70.9 Å². The van der Waals surface area contributed by atoms with Gasteiger partial charge in [0.25, 0.3) is 0 Å². The van der Waals surface area contributed by atoms with Crippen LogP contribution in [0.15, 0.2) is 112 Å². The van der Waals surface area contributed by atoms with Crippen molar-refractivity contribution in [3.63, 3.8) is 0 Å². The number of thiophene rings is 1. The van der Waals surface area contributed by atoms with Crippen LogP contribution in [0, 0.1) is 27.7 Å². The van der Waals surface area contributed by atoms with Crippen molar-refractivity contribution in [2.24, 2.45) is 0 Å². The Morgan fingerprint density at radius 1 is 0.865 bits per heavy atom. The molecular formula is C43H45NO6S2. The molecule has 0 spiro atoms. The molecule has 270 valence electrons. The van der Waals surface area contributed by atoms with Crippen LogP contribution in [-0.2, 0) is 32.5 Å². The number of carbonyl (C=O) groups excluding carboxylic acids is 1. The molecule has 0 amide bonds. The van der Waals surface area contributed by atoms with Gasteiger partial charge in [0, 0.05) is 34.3 Å². The fourth-order valence-corrected chi connectivity index (χ4v) is 10.0. The molecule has 6 aromatic rings. The fourth-order valence-electron chi connectivity index (χ4n) is 6.99. The van der Waals surface area contributed by atoms with Crippen LogP contribution in [0.3, 0.4) is 0 Å². The number of rotatable bonds is 14. The fraction of sp³-hybridized carbons (Fsp3) is 0.279. The molecule has 2 aromatic heterocycles. The molecule has 0 aliphatic rings. The number of hydrogen-bond acceptors (Lipinski definition) is 7. The minimum atomic E-state index is -4.21. The molecule has 0 bridgehead atoms. The summed E-state index contributed by atoms with van der Waals surface area (Å²) in [6.45, 7) is 9.63. The van der Waals surface area contributed by atoms with Gasteiger partial charge in [-0.1, -0.05) is 72.3 Å². The maximum atomic E-state index is 15.5. The summed E-state index contributed by atoms with van der Waals surface area (Å²) in [6, 6.07) is 30.9. The van der Waals surface area contributed by atoms with E-state index in [9.17, 15) is 4.79 Å². The summed E-state index contributed by atoms with van der Waals surface area (Å²) in [5.41, 5.74) is 6.47. The SMILES string of the molecule is CCOC(=O)CC(c1cccs1)C(Cc1ccc(C)cc1)N(Cc1cccc(-c2cc3ccccc3o2)c1)S(=O)(=O)c1c(C)cc(OC)c(C)c1C. The van der Waals surface area contributed by atoms with E-state index in [4.69, 9.17) is 13.9 Å². The van der Waals surface area contributed by atoms with Crippen molar-refractivity contribution < 1.29 is 27.1 Å². The number of hydrogen-bond donors (Lipinski definition) is 0. The second-order valence-electron chi connectivity index (χ2n) is 13.3. The van der Waals surface area contributed by atoms with Crippen molar-refractivity contribution in [3.8, 4) is 17.1 Å². The van der Waals surface area contributed by atoms with E-state index >= 15 is 8.42 Å². The monoisotopic (exact) mass is 735 g/mol. The lowest BCUT2D eigenvalue weighted by atomic mass is 9.89. The standard InChI is InChI=1S/C43H45NO6S2/c1-7-49-42(45)26-36(41-16-11-21-51-41)37(24-32-19-17-28(2)18-20-32)44(52(46,47)43-29(3)22-39(48-6)30(4)31(43)5)27-33-12-10-14-34(23-33)40-25-35-13-8-9-15-38(35)50-40/h8-23,25,36-37H,7,24,26-27H2,1-6H3. The van der Waals surface area contributed by atoms with Crippen molar-refractivity contribution in [3.05, 3.63) is 141 Å². The Balaban J connectivity index is 1.55. The number of nitrogens with zero attached hydrogens (tertiary/aromatic N) is 1. The van der Waals surface area contributed by atoms with E-state index in [0.29, 0.717) is 29.1 Å². The van der Waals surface area contributed by atoms with Gasteiger partial charge in [-0.2, -0.15) is 4.31 Å². The zero-order chi connectivity index (χ0) is 37.0. The molecule has 0 fully saturated rings. The van der Waals surface area contributed by atoms with Crippen LogP contribution in [-0.4, -0.2) is 38.5 Å². The van der Waals surface area contributed by atoms with E-state index in [1.165, 1.54) is 11.3 Å². The van der Waals surface area contributed by atoms with E-state index in [-0.39, 0.29) is 30.4 Å². The largest absolute Gasteiger partial charge is 0.496 e. The number of para-hydroxylation sites is 1. The molecule has 2 unspecified atom stereocenters. The predicted molar refractivity (Wildman–Crippen MR) is 209 cm³/mol. The van der Waals surface area contributed by atoms with Crippen LogP contribution in [0.4, 0.5) is 0 Å². The number of methoxy groups -OCH3 is 1. The van der Waals surface area contributed by atoms with Crippen molar-refractivity contribution in [1.82, 2.24) is 4.31 Å². The summed E-state index contributed by atoms with van der Waals surface area (Å²) in [4.78, 5) is 14.5. The van der Waals surface area contributed by atoms with Gasteiger partial charge in [0.15, 0.2) is 0 Å². The highest BCUT2D eigenvalue weighted by Crippen LogP contribution is 2.40. The molecule has 7 nitrogen and oxygen atoms in total. The highest BCUT2D eigenvalue weighted by atomic mass is 32.2. The molecule has 0 N–H and O–H groups in total. The number of ether oxygens (including phenoxy) is 2. The Kier molecular flexibility index (Phi) is 11.3. The molecule has 0 aliphatic heterocycles. The Bertz CT molecular complexity index is 2240. The molecular weight excluding hydrogens is 691 g/mol. The third-order valence-electron chi connectivity index (χ3n) is 9.74.